The zero-order valence-corrected chi connectivity index (χ0v) is 28.3. The summed E-state index contributed by atoms with van der Waals surface area (Å²) in [6, 6.07) is 63.4. The van der Waals surface area contributed by atoms with Crippen LogP contribution in [-0.4, -0.2) is 14.1 Å². The summed E-state index contributed by atoms with van der Waals surface area (Å²) >= 11 is 1.85. The number of nitrogens with zero attached hydrogens (tertiary/aromatic N) is 3. The topological polar surface area (TPSA) is 22.8 Å². The molecule has 51 heavy (non-hydrogen) atoms. The summed E-state index contributed by atoms with van der Waals surface area (Å²) in [7, 11) is 0. The molecule has 0 atom stereocenters. The monoisotopic (exact) mass is 667 g/mol. The number of aromatic nitrogens is 3. The van der Waals surface area contributed by atoms with Gasteiger partial charge >= 0.3 is 0 Å². The van der Waals surface area contributed by atoms with Crippen molar-refractivity contribution in [2.75, 3.05) is 0 Å². The number of rotatable bonds is 4. The second-order valence-corrected chi connectivity index (χ2v) is 14.2. The number of thiophene rings is 1. The Morgan fingerprint density at radius 1 is 0.412 bits per heavy atom. The van der Waals surface area contributed by atoms with Gasteiger partial charge in [0.1, 0.15) is 0 Å². The van der Waals surface area contributed by atoms with Gasteiger partial charge in [-0.25, -0.2) is 4.98 Å². The largest absolute Gasteiger partial charge is 0.309 e. The van der Waals surface area contributed by atoms with Crippen LogP contribution in [0.25, 0.3) is 97.7 Å². The van der Waals surface area contributed by atoms with Gasteiger partial charge in [0.25, 0.3) is 0 Å². The van der Waals surface area contributed by atoms with Crippen LogP contribution >= 0.6 is 11.3 Å². The van der Waals surface area contributed by atoms with E-state index in [0.29, 0.717) is 0 Å². The van der Waals surface area contributed by atoms with Gasteiger partial charge in [0.2, 0.25) is 0 Å². The fraction of sp³-hybridized carbons (Fsp3) is 0. The number of hydrogen-bond donors (Lipinski definition) is 0. The van der Waals surface area contributed by atoms with Crippen LogP contribution in [0.3, 0.4) is 0 Å². The normalized spacial score (nSPS) is 11.9. The summed E-state index contributed by atoms with van der Waals surface area (Å²) in [5.74, 6) is 0. The van der Waals surface area contributed by atoms with E-state index in [1.54, 1.807) is 0 Å². The molecule has 0 bridgehead atoms. The van der Waals surface area contributed by atoms with Crippen molar-refractivity contribution in [1.29, 1.82) is 0 Å². The molecule has 0 aliphatic rings. The summed E-state index contributed by atoms with van der Waals surface area (Å²) in [6.45, 7) is 0. The molecule has 0 aliphatic heterocycles. The summed E-state index contributed by atoms with van der Waals surface area (Å²) in [5.41, 5.74) is 11.2. The number of fused-ring (bicyclic) bond motifs is 10. The first-order valence-corrected chi connectivity index (χ1v) is 18.1. The SMILES string of the molecule is c1ccc(-c2cc(-n3c4ccccc4c4c3ccc3c5ccccc5n(-c5ccccc5)c34)cc(-c3cccc4c3sc3ccccc34)n2)cc1. The van der Waals surface area contributed by atoms with Crippen molar-refractivity contribution in [2.45, 2.75) is 0 Å². The fourth-order valence-electron chi connectivity index (χ4n) is 8.12. The predicted octanol–water partition coefficient (Wildman–Crippen LogP) is 13.0. The van der Waals surface area contributed by atoms with Gasteiger partial charge in [-0.3, -0.25) is 0 Å². The van der Waals surface area contributed by atoms with Crippen molar-refractivity contribution in [2.24, 2.45) is 0 Å². The van der Waals surface area contributed by atoms with Gasteiger partial charge in [0, 0.05) is 58.5 Å². The van der Waals surface area contributed by atoms with E-state index >= 15 is 0 Å². The van der Waals surface area contributed by atoms with Gasteiger partial charge in [-0.15, -0.1) is 11.3 Å². The molecule has 4 aromatic heterocycles. The van der Waals surface area contributed by atoms with Crippen LogP contribution in [0.2, 0.25) is 0 Å². The zero-order valence-electron chi connectivity index (χ0n) is 27.5. The third kappa shape index (κ3) is 4.21. The van der Waals surface area contributed by atoms with Crippen molar-refractivity contribution in [1.82, 2.24) is 14.1 Å². The first-order valence-electron chi connectivity index (χ1n) is 17.3. The molecule has 11 aromatic rings. The lowest BCUT2D eigenvalue weighted by Crippen LogP contribution is -1.98. The van der Waals surface area contributed by atoms with Gasteiger partial charge < -0.3 is 9.13 Å². The van der Waals surface area contributed by atoms with E-state index in [1.165, 1.54) is 63.8 Å². The highest BCUT2D eigenvalue weighted by molar-refractivity contribution is 7.26. The van der Waals surface area contributed by atoms with E-state index in [4.69, 9.17) is 4.98 Å². The van der Waals surface area contributed by atoms with Crippen molar-refractivity contribution in [3.63, 3.8) is 0 Å². The lowest BCUT2D eigenvalue weighted by molar-refractivity contribution is 1.16. The second-order valence-electron chi connectivity index (χ2n) is 13.1. The van der Waals surface area contributed by atoms with Crippen LogP contribution in [-0.2, 0) is 0 Å². The Hall–Kier alpha value is -6.49. The van der Waals surface area contributed by atoms with E-state index in [1.807, 2.05) is 11.3 Å². The molecular formula is C47H29N3S. The number of para-hydroxylation sites is 3. The lowest BCUT2D eigenvalue weighted by atomic mass is 10.0. The maximum atomic E-state index is 5.39. The predicted molar refractivity (Wildman–Crippen MR) is 217 cm³/mol. The molecule has 4 heterocycles. The lowest BCUT2D eigenvalue weighted by Gasteiger charge is -2.14. The Balaban J connectivity index is 1.26. The van der Waals surface area contributed by atoms with Crippen molar-refractivity contribution < 1.29 is 0 Å². The summed E-state index contributed by atoms with van der Waals surface area (Å²) in [4.78, 5) is 5.39. The first kappa shape index (κ1) is 28.4. The van der Waals surface area contributed by atoms with Crippen LogP contribution in [0.4, 0.5) is 0 Å². The molecular weight excluding hydrogens is 639 g/mol. The number of pyridine rings is 1. The molecule has 0 spiro atoms. The van der Waals surface area contributed by atoms with Crippen molar-refractivity contribution in [3.05, 3.63) is 176 Å². The molecule has 7 aromatic carbocycles. The van der Waals surface area contributed by atoms with E-state index < -0.39 is 0 Å². The quantitative estimate of drug-likeness (QED) is 0.183. The van der Waals surface area contributed by atoms with Gasteiger partial charge in [0.05, 0.1) is 39.1 Å². The van der Waals surface area contributed by atoms with Crippen molar-refractivity contribution in [3.8, 4) is 33.9 Å². The fourth-order valence-corrected chi connectivity index (χ4v) is 9.35. The van der Waals surface area contributed by atoms with Crippen LogP contribution in [0.15, 0.2) is 176 Å². The number of benzene rings is 7. The van der Waals surface area contributed by atoms with E-state index in [0.717, 1.165) is 33.9 Å². The Bertz CT molecular complexity index is 3130. The highest BCUT2D eigenvalue weighted by atomic mass is 32.1. The maximum absolute atomic E-state index is 5.39. The second kappa shape index (κ2) is 11.0. The van der Waals surface area contributed by atoms with E-state index in [9.17, 15) is 0 Å². The summed E-state index contributed by atoms with van der Waals surface area (Å²) in [5, 5.41) is 7.54. The summed E-state index contributed by atoms with van der Waals surface area (Å²) in [6.07, 6.45) is 0. The standard InChI is InChI=1S/C47H29N3S/c1-3-14-30(15-4-1)39-28-32(29-40(48-39)37-22-13-21-36-34-19-9-12-25-44(34)51-47(36)37)49-42-24-11-8-20-38(42)45-43(49)27-26-35-33-18-7-10-23-41(33)50(46(35)45)31-16-5-2-6-17-31/h1-29H. The van der Waals surface area contributed by atoms with Crippen LogP contribution in [0.1, 0.15) is 0 Å². The van der Waals surface area contributed by atoms with E-state index in [2.05, 4.69) is 185 Å². The minimum Gasteiger partial charge on any atom is -0.309 e. The van der Waals surface area contributed by atoms with Crippen LogP contribution in [0.5, 0.6) is 0 Å². The molecule has 0 saturated carbocycles. The van der Waals surface area contributed by atoms with Crippen LogP contribution < -0.4 is 0 Å². The average molecular weight is 668 g/mol. The highest BCUT2D eigenvalue weighted by Crippen LogP contribution is 2.44. The average Bonchev–Trinajstić information content (AvgIpc) is 3.86. The molecule has 0 unspecified atom stereocenters. The smallest absolute Gasteiger partial charge is 0.0744 e. The molecule has 0 radical (unpaired) electrons. The van der Waals surface area contributed by atoms with Crippen LogP contribution in [0, 0.1) is 0 Å². The van der Waals surface area contributed by atoms with Gasteiger partial charge in [0.15, 0.2) is 0 Å². The Morgan fingerprint density at radius 2 is 1.06 bits per heavy atom. The molecule has 4 heteroatoms. The highest BCUT2D eigenvalue weighted by Gasteiger charge is 2.22. The van der Waals surface area contributed by atoms with Gasteiger partial charge in [-0.05, 0) is 48.5 Å². The minimum absolute atomic E-state index is 0.951. The Labute approximate surface area is 297 Å². The molecule has 238 valence electrons. The van der Waals surface area contributed by atoms with Gasteiger partial charge in [-0.1, -0.05) is 127 Å². The van der Waals surface area contributed by atoms with Crippen molar-refractivity contribution >= 4 is 75.1 Å². The number of hydrogen-bond acceptors (Lipinski definition) is 2. The molecule has 0 saturated heterocycles. The zero-order chi connectivity index (χ0) is 33.5. The first-order chi connectivity index (χ1) is 25.3. The third-order valence-electron chi connectivity index (χ3n) is 10.3. The molecule has 0 N–H and O–H groups in total. The molecule has 0 amide bonds. The minimum atomic E-state index is 0.951. The van der Waals surface area contributed by atoms with E-state index in [-0.39, 0.29) is 0 Å². The Morgan fingerprint density at radius 3 is 1.88 bits per heavy atom. The molecule has 3 nitrogen and oxygen atoms in total. The molecule has 0 fully saturated rings. The molecule has 11 rings (SSSR count). The third-order valence-corrected chi connectivity index (χ3v) is 11.5. The summed E-state index contributed by atoms with van der Waals surface area (Å²) < 4.78 is 7.44. The maximum Gasteiger partial charge on any atom is 0.0744 e. The van der Waals surface area contributed by atoms with Gasteiger partial charge in [-0.2, -0.15) is 0 Å². The molecule has 0 aliphatic carbocycles. The Kier molecular flexibility index (Phi) is 6.12.